The molecule has 3 rings (SSSR count). The third kappa shape index (κ3) is 5.40. The van der Waals surface area contributed by atoms with Gasteiger partial charge in [0.25, 0.3) is 5.91 Å². The van der Waals surface area contributed by atoms with Crippen LogP contribution < -0.4 is 15.0 Å². The third-order valence-corrected chi connectivity index (χ3v) is 4.32. The van der Waals surface area contributed by atoms with Crippen LogP contribution in [-0.4, -0.2) is 66.7 Å². The lowest BCUT2D eigenvalue weighted by Crippen LogP contribution is -2.44. The van der Waals surface area contributed by atoms with Crippen LogP contribution >= 0.6 is 0 Å². The third-order valence-electron chi connectivity index (χ3n) is 4.32. The van der Waals surface area contributed by atoms with Crippen molar-refractivity contribution in [3.8, 4) is 17.1 Å². The van der Waals surface area contributed by atoms with Crippen molar-refractivity contribution in [1.82, 2.24) is 20.2 Å². The highest BCUT2D eigenvalue weighted by atomic mass is 16.5. The fourth-order valence-electron chi connectivity index (χ4n) is 2.88. The SMILES string of the molecule is CC(C)NC(=O)COc1cccc(-c2n[c]cc(N3CCN(C)CC3)n2)c1. The van der Waals surface area contributed by atoms with Gasteiger partial charge in [-0.15, -0.1) is 0 Å². The molecule has 1 aliphatic rings. The molecule has 1 aromatic heterocycles. The minimum Gasteiger partial charge on any atom is -0.484 e. The van der Waals surface area contributed by atoms with Gasteiger partial charge in [-0.3, -0.25) is 4.79 Å². The molecule has 1 N–H and O–H groups in total. The first kappa shape index (κ1) is 19.1. The van der Waals surface area contributed by atoms with E-state index in [0.29, 0.717) is 11.6 Å². The zero-order chi connectivity index (χ0) is 19.2. The molecule has 27 heavy (non-hydrogen) atoms. The van der Waals surface area contributed by atoms with E-state index in [9.17, 15) is 4.79 Å². The average Bonchev–Trinajstić information content (AvgIpc) is 2.67. The highest BCUT2D eigenvalue weighted by Gasteiger charge is 2.16. The van der Waals surface area contributed by atoms with Crippen LogP contribution in [0.4, 0.5) is 5.82 Å². The van der Waals surface area contributed by atoms with Gasteiger partial charge in [0.15, 0.2) is 12.4 Å². The van der Waals surface area contributed by atoms with Crippen molar-refractivity contribution in [3.63, 3.8) is 0 Å². The van der Waals surface area contributed by atoms with Gasteiger partial charge in [-0.25, -0.2) is 9.97 Å². The van der Waals surface area contributed by atoms with E-state index in [-0.39, 0.29) is 18.6 Å². The van der Waals surface area contributed by atoms with E-state index >= 15 is 0 Å². The molecule has 0 spiro atoms. The first-order valence-electron chi connectivity index (χ1n) is 9.22. The number of carbonyl (C=O) groups is 1. The number of hydrogen-bond donors (Lipinski definition) is 1. The van der Waals surface area contributed by atoms with Crippen LogP contribution in [0.3, 0.4) is 0 Å². The molecule has 1 fully saturated rings. The molecular weight excluding hydrogens is 342 g/mol. The number of carbonyl (C=O) groups excluding carboxylic acids is 1. The zero-order valence-corrected chi connectivity index (χ0v) is 16.1. The van der Waals surface area contributed by atoms with E-state index in [1.54, 1.807) is 0 Å². The summed E-state index contributed by atoms with van der Waals surface area (Å²) in [7, 11) is 2.13. The minimum atomic E-state index is -0.142. The fraction of sp³-hybridized carbons (Fsp3) is 0.450. The Bertz CT molecular complexity index is 772. The number of rotatable bonds is 6. The van der Waals surface area contributed by atoms with Gasteiger partial charge in [0.05, 0.1) is 6.20 Å². The van der Waals surface area contributed by atoms with Crippen LogP contribution in [0.15, 0.2) is 30.3 Å². The maximum atomic E-state index is 11.7. The highest BCUT2D eigenvalue weighted by molar-refractivity contribution is 5.77. The minimum absolute atomic E-state index is 0.0179. The Morgan fingerprint density at radius 3 is 2.81 bits per heavy atom. The monoisotopic (exact) mass is 368 g/mol. The number of anilines is 1. The quantitative estimate of drug-likeness (QED) is 0.835. The van der Waals surface area contributed by atoms with E-state index in [2.05, 4.69) is 33.3 Å². The normalized spacial score (nSPS) is 15.0. The van der Waals surface area contributed by atoms with Crippen molar-refractivity contribution < 1.29 is 9.53 Å². The second-order valence-corrected chi connectivity index (χ2v) is 7.01. The smallest absolute Gasteiger partial charge is 0.258 e. The Labute approximate surface area is 160 Å². The summed E-state index contributed by atoms with van der Waals surface area (Å²) in [5.74, 6) is 1.95. The van der Waals surface area contributed by atoms with Gasteiger partial charge in [0, 0.05) is 43.9 Å². The number of amides is 1. The summed E-state index contributed by atoms with van der Waals surface area (Å²) in [5.41, 5.74) is 0.837. The number of nitrogens with one attached hydrogen (secondary N) is 1. The van der Waals surface area contributed by atoms with Crippen molar-refractivity contribution in [2.45, 2.75) is 19.9 Å². The summed E-state index contributed by atoms with van der Waals surface area (Å²) in [6.07, 6.45) is 2.96. The molecule has 0 saturated carbocycles. The summed E-state index contributed by atoms with van der Waals surface area (Å²) in [5, 5.41) is 2.80. The average molecular weight is 368 g/mol. The molecule has 0 aliphatic carbocycles. The molecule has 2 aromatic rings. The van der Waals surface area contributed by atoms with E-state index in [1.165, 1.54) is 0 Å². The van der Waals surface area contributed by atoms with Crippen molar-refractivity contribution in [2.75, 3.05) is 44.7 Å². The molecule has 1 saturated heterocycles. The van der Waals surface area contributed by atoms with Crippen molar-refractivity contribution in [3.05, 3.63) is 36.5 Å². The molecule has 0 unspecified atom stereocenters. The predicted molar refractivity (Wildman–Crippen MR) is 105 cm³/mol. The Morgan fingerprint density at radius 1 is 1.30 bits per heavy atom. The number of nitrogens with zero attached hydrogens (tertiary/aromatic N) is 4. The van der Waals surface area contributed by atoms with Gasteiger partial charge < -0.3 is 19.9 Å². The van der Waals surface area contributed by atoms with E-state index < -0.39 is 0 Å². The first-order valence-corrected chi connectivity index (χ1v) is 9.22. The fourth-order valence-corrected chi connectivity index (χ4v) is 2.88. The van der Waals surface area contributed by atoms with Gasteiger partial charge in [-0.05, 0) is 33.0 Å². The lowest BCUT2D eigenvalue weighted by molar-refractivity contribution is -0.123. The van der Waals surface area contributed by atoms with Gasteiger partial charge in [0.2, 0.25) is 0 Å². The highest BCUT2D eigenvalue weighted by Crippen LogP contribution is 2.23. The summed E-state index contributed by atoms with van der Waals surface area (Å²) in [6.45, 7) is 7.72. The molecule has 1 amide bonds. The van der Waals surface area contributed by atoms with Gasteiger partial charge in [-0.1, -0.05) is 12.1 Å². The maximum absolute atomic E-state index is 11.7. The first-order chi connectivity index (χ1) is 13.0. The number of benzene rings is 1. The molecule has 1 aromatic carbocycles. The van der Waals surface area contributed by atoms with Crippen LogP contribution in [0.2, 0.25) is 0 Å². The number of piperazine rings is 1. The molecule has 7 heteroatoms. The Morgan fingerprint density at radius 2 is 2.07 bits per heavy atom. The second kappa shape index (κ2) is 8.81. The second-order valence-electron chi connectivity index (χ2n) is 7.01. The lowest BCUT2D eigenvalue weighted by Gasteiger charge is -2.33. The number of aromatic nitrogens is 2. The summed E-state index contributed by atoms with van der Waals surface area (Å²) in [6, 6.07) is 9.38. The van der Waals surface area contributed by atoms with Crippen LogP contribution in [-0.2, 0) is 4.79 Å². The molecule has 0 atom stereocenters. The Hall–Kier alpha value is -2.67. The predicted octanol–water partition coefficient (Wildman–Crippen LogP) is 1.60. The van der Waals surface area contributed by atoms with Crippen molar-refractivity contribution in [2.24, 2.45) is 0 Å². The van der Waals surface area contributed by atoms with Crippen molar-refractivity contribution >= 4 is 11.7 Å². The Balaban J connectivity index is 1.69. The standard InChI is InChI=1S/C20H26N5O2/c1-15(2)22-19(26)14-27-17-6-4-5-16(13-17)20-21-8-7-18(23-20)25-11-9-24(3)10-12-25/h4-7,13,15H,9-12,14H2,1-3H3,(H,22,26). The van der Waals surface area contributed by atoms with E-state index in [0.717, 1.165) is 37.6 Å². The number of ether oxygens (including phenoxy) is 1. The van der Waals surface area contributed by atoms with E-state index in [4.69, 9.17) is 9.72 Å². The molecule has 143 valence electrons. The van der Waals surface area contributed by atoms with Crippen LogP contribution in [0.1, 0.15) is 13.8 Å². The molecule has 0 bridgehead atoms. The Kier molecular flexibility index (Phi) is 6.24. The van der Waals surface area contributed by atoms with E-state index in [1.807, 2.05) is 44.2 Å². The van der Waals surface area contributed by atoms with Gasteiger partial charge in [-0.2, -0.15) is 0 Å². The van der Waals surface area contributed by atoms with Gasteiger partial charge >= 0.3 is 0 Å². The molecule has 1 aliphatic heterocycles. The topological polar surface area (TPSA) is 70.6 Å². The van der Waals surface area contributed by atoms with Crippen molar-refractivity contribution in [1.29, 1.82) is 0 Å². The number of likely N-dealkylation sites (N-methyl/N-ethyl adjacent to an activating group) is 1. The summed E-state index contributed by atoms with van der Waals surface area (Å²) in [4.78, 5) is 25.3. The maximum Gasteiger partial charge on any atom is 0.258 e. The number of hydrogen-bond acceptors (Lipinski definition) is 6. The van der Waals surface area contributed by atoms with Crippen LogP contribution in [0.25, 0.3) is 11.4 Å². The molecule has 7 nitrogen and oxygen atoms in total. The summed E-state index contributed by atoms with van der Waals surface area (Å²) >= 11 is 0. The lowest BCUT2D eigenvalue weighted by atomic mass is 10.2. The van der Waals surface area contributed by atoms with Crippen LogP contribution in [0.5, 0.6) is 5.75 Å². The molecular formula is C20H26N5O2. The van der Waals surface area contributed by atoms with Crippen LogP contribution in [0, 0.1) is 6.20 Å². The zero-order valence-electron chi connectivity index (χ0n) is 16.1. The largest absolute Gasteiger partial charge is 0.484 e. The molecule has 2 heterocycles. The summed E-state index contributed by atoms with van der Waals surface area (Å²) < 4.78 is 5.60. The molecule has 1 radical (unpaired) electrons. The van der Waals surface area contributed by atoms with Gasteiger partial charge in [0.1, 0.15) is 11.6 Å².